The summed E-state index contributed by atoms with van der Waals surface area (Å²) in [5, 5.41) is 9.93. The number of carbonyl (C=O) groups excluding carboxylic acids is 1. The van der Waals surface area contributed by atoms with E-state index in [0.717, 1.165) is 5.52 Å². The fraction of sp³-hybridized carbons (Fsp3) is 0.308. The van der Waals surface area contributed by atoms with Gasteiger partial charge in [-0.25, -0.2) is 0 Å². The zero-order valence-corrected chi connectivity index (χ0v) is 10.0. The molecule has 0 radical (unpaired) electrons. The highest BCUT2D eigenvalue weighted by Crippen LogP contribution is 2.20. The molecule has 0 amide bonds. The lowest BCUT2D eigenvalue weighted by Gasteiger charge is -2.10. The summed E-state index contributed by atoms with van der Waals surface area (Å²) in [6.45, 7) is 2.05. The summed E-state index contributed by atoms with van der Waals surface area (Å²) < 4.78 is 4.79. The highest BCUT2D eigenvalue weighted by molar-refractivity contribution is 5.75. The quantitative estimate of drug-likeness (QED) is 0.830. The Bertz CT molecular complexity index is 557. The van der Waals surface area contributed by atoms with Crippen LogP contribution in [-0.2, 0) is 9.53 Å². The van der Waals surface area contributed by atoms with Gasteiger partial charge in [0, 0.05) is 12.4 Å². The number of fused-ring (bicyclic) bond motifs is 1. The fourth-order valence-electron chi connectivity index (χ4n) is 1.68. The van der Waals surface area contributed by atoms with Gasteiger partial charge in [0.1, 0.15) is 0 Å². The Kier molecular flexibility index (Phi) is 3.84. The van der Waals surface area contributed by atoms with Crippen molar-refractivity contribution < 1.29 is 14.6 Å². The van der Waals surface area contributed by atoms with Crippen LogP contribution >= 0.6 is 0 Å². The van der Waals surface area contributed by atoms with Crippen molar-refractivity contribution in [2.75, 3.05) is 6.61 Å². The molecule has 2 rings (SSSR count). The van der Waals surface area contributed by atoms with Gasteiger partial charge in [-0.05, 0) is 24.6 Å². The first-order valence-electron chi connectivity index (χ1n) is 5.75. The van der Waals surface area contributed by atoms with Crippen molar-refractivity contribution in [1.82, 2.24) is 9.97 Å². The lowest BCUT2D eigenvalue weighted by molar-refractivity contribution is -0.145. The van der Waals surface area contributed by atoms with Gasteiger partial charge in [-0.3, -0.25) is 14.8 Å². The van der Waals surface area contributed by atoms with E-state index in [0.29, 0.717) is 17.7 Å². The Morgan fingerprint density at radius 1 is 1.33 bits per heavy atom. The minimum absolute atomic E-state index is 0.0559. The van der Waals surface area contributed by atoms with Gasteiger partial charge >= 0.3 is 5.97 Å². The number of aliphatic hydroxyl groups excluding tert-OH is 1. The number of rotatable bonds is 4. The van der Waals surface area contributed by atoms with Crippen molar-refractivity contribution in [1.29, 1.82) is 0 Å². The smallest absolute Gasteiger partial charge is 0.308 e. The number of nitrogens with zero attached hydrogens (tertiary/aromatic N) is 2. The van der Waals surface area contributed by atoms with Crippen molar-refractivity contribution in [2.24, 2.45) is 0 Å². The molecule has 5 heteroatoms. The molecule has 2 aromatic rings. The number of esters is 1. The van der Waals surface area contributed by atoms with Crippen LogP contribution in [0.2, 0.25) is 0 Å². The number of hydrogen-bond acceptors (Lipinski definition) is 5. The minimum atomic E-state index is -0.879. The van der Waals surface area contributed by atoms with Crippen LogP contribution in [0.4, 0.5) is 0 Å². The van der Waals surface area contributed by atoms with Gasteiger partial charge < -0.3 is 9.84 Å². The van der Waals surface area contributed by atoms with Crippen molar-refractivity contribution in [3.05, 3.63) is 36.2 Å². The van der Waals surface area contributed by atoms with E-state index in [9.17, 15) is 9.90 Å². The van der Waals surface area contributed by atoms with E-state index in [1.807, 2.05) is 0 Å². The Morgan fingerprint density at radius 3 is 2.78 bits per heavy atom. The van der Waals surface area contributed by atoms with Crippen LogP contribution < -0.4 is 0 Å². The normalized spacial score (nSPS) is 12.3. The molecule has 1 atom stereocenters. The topological polar surface area (TPSA) is 72.3 Å². The zero-order chi connectivity index (χ0) is 13.0. The van der Waals surface area contributed by atoms with Crippen molar-refractivity contribution in [2.45, 2.75) is 19.4 Å². The molecule has 0 fully saturated rings. The molecule has 1 aromatic carbocycles. The molecule has 0 saturated heterocycles. The Hall–Kier alpha value is -2.01. The molecule has 1 N–H and O–H groups in total. The number of hydrogen-bond donors (Lipinski definition) is 1. The lowest BCUT2D eigenvalue weighted by Crippen LogP contribution is -2.10. The number of carbonyl (C=O) groups is 1. The number of aromatic nitrogens is 2. The molecule has 0 saturated carbocycles. The molecular formula is C13H14N2O3. The minimum Gasteiger partial charge on any atom is -0.466 e. The van der Waals surface area contributed by atoms with Gasteiger partial charge in [0.2, 0.25) is 0 Å². The predicted molar refractivity (Wildman–Crippen MR) is 65.7 cm³/mol. The molecule has 0 bridgehead atoms. The van der Waals surface area contributed by atoms with Crippen LogP contribution in [0.15, 0.2) is 30.6 Å². The second-order valence-corrected chi connectivity index (χ2v) is 3.83. The summed E-state index contributed by atoms with van der Waals surface area (Å²) in [7, 11) is 0. The number of benzene rings is 1. The maximum absolute atomic E-state index is 11.3. The largest absolute Gasteiger partial charge is 0.466 e. The van der Waals surface area contributed by atoms with Crippen LogP contribution in [0.1, 0.15) is 25.0 Å². The van der Waals surface area contributed by atoms with E-state index in [1.165, 1.54) is 0 Å². The summed E-state index contributed by atoms with van der Waals surface area (Å²) in [4.78, 5) is 19.6. The molecule has 0 aliphatic heterocycles. The third-order valence-electron chi connectivity index (χ3n) is 2.54. The van der Waals surface area contributed by atoms with Crippen LogP contribution in [0.25, 0.3) is 11.0 Å². The van der Waals surface area contributed by atoms with Crippen molar-refractivity contribution in [3.63, 3.8) is 0 Å². The average molecular weight is 246 g/mol. The summed E-state index contributed by atoms with van der Waals surface area (Å²) in [5.41, 5.74) is 2.08. The maximum atomic E-state index is 11.3. The molecule has 18 heavy (non-hydrogen) atoms. The van der Waals surface area contributed by atoms with Crippen molar-refractivity contribution in [3.8, 4) is 0 Å². The highest BCUT2D eigenvalue weighted by atomic mass is 16.5. The molecule has 1 heterocycles. The molecule has 94 valence electrons. The van der Waals surface area contributed by atoms with Crippen LogP contribution in [0.3, 0.4) is 0 Å². The zero-order valence-electron chi connectivity index (χ0n) is 10.0. The number of aliphatic hydroxyl groups is 1. The van der Waals surface area contributed by atoms with E-state index < -0.39 is 12.1 Å². The third kappa shape index (κ3) is 2.81. The maximum Gasteiger partial charge on any atom is 0.308 e. The number of ether oxygens (including phenoxy) is 1. The van der Waals surface area contributed by atoms with E-state index in [2.05, 4.69) is 9.97 Å². The second-order valence-electron chi connectivity index (χ2n) is 3.83. The molecule has 1 aromatic heterocycles. The van der Waals surface area contributed by atoms with Crippen molar-refractivity contribution >= 4 is 17.0 Å². The molecule has 1 unspecified atom stereocenters. The fourth-order valence-corrected chi connectivity index (χ4v) is 1.68. The first-order valence-corrected chi connectivity index (χ1v) is 5.75. The average Bonchev–Trinajstić information content (AvgIpc) is 2.38. The molecule has 0 aliphatic carbocycles. The standard InChI is InChI=1S/C13H14N2O3/c1-2-18-13(17)8-12(16)9-3-4-10-11(7-9)15-6-5-14-10/h3-7,12,16H,2,8H2,1H3. The second kappa shape index (κ2) is 5.55. The monoisotopic (exact) mass is 246 g/mol. The van der Waals surface area contributed by atoms with Crippen LogP contribution in [-0.4, -0.2) is 27.7 Å². The van der Waals surface area contributed by atoms with Gasteiger partial charge in [0.25, 0.3) is 0 Å². The van der Waals surface area contributed by atoms with E-state index >= 15 is 0 Å². The third-order valence-corrected chi connectivity index (χ3v) is 2.54. The molecular weight excluding hydrogens is 232 g/mol. The van der Waals surface area contributed by atoms with E-state index in [4.69, 9.17) is 4.74 Å². The highest BCUT2D eigenvalue weighted by Gasteiger charge is 2.14. The summed E-state index contributed by atoms with van der Waals surface area (Å²) in [6.07, 6.45) is 2.26. The first-order chi connectivity index (χ1) is 8.70. The van der Waals surface area contributed by atoms with E-state index in [-0.39, 0.29) is 6.42 Å². The van der Waals surface area contributed by atoms with E-state index in [1.54, 1.807) is 37.5 Å². The van der Waals surface area contributed by atoms with Gasteiger partial charge in [-0.15, -0.1) is 0 Å². The summed E-state index contributed by atoms with van der Waals surface area (Å²) >= 11 is 0. The SMILES string of the molecule is CCOC(=O)CC(O)c1ccc2nccnc2c1. The molecule has 5 nitrogen and oxygen atoms in total. The van der Waals surface area contributed by atoms with Gasteiger partial charge in [-0.2, -0.15) is 0 Å². The Labute approximate surface area is 104 Å². The summed E-state index contributed by atoms with van der Waals surface area (Å²) in [5.74, 6) is -0.413. The summed E-state index contributed by atoms with van der Waals surface area (Å²) in [6, 6.07) is 5.24. The molecule has 0 spiro atoms. The van der Waals surface area contributed by atoms with Gasteiger partial charge in [-0.1, -0.05) is 6.07 Å². The van der Waals surface area contributed by atoms with Gasteiger partial charge in [0.15, 0.2) is 0 Å². The first kappa shape index (κ1) is 12.4. The Morgan fingerprint density at radius 2 is 2.06 bits per heavy atom. The molecule has 0 aliphatic rings. The Balaban J connectivity index is 2.17. The van der Waals surface area contributed by atoms with Crippen LogP contribution in [0, 0.1) is 0 Å². The predicted octanol–water partition coefficient (Wildman–Crippen LogP) is 1.62. The van der Waals surface area contributed by atoms with Crippen LogP contribution in [0.5, 0.6) is 0 Å². The van der Waals surface area contributed by atoms with Gasteiger partial charge in [0.05, 0.1) is 30.2 Å². The lowest BCUT2D eigenvalue weighted by atomic mass is 10.1.